The molecule has 0 aromatic heterocycles. The first-order valence-electron chi connectivity index (χ1n) is 7.13. The van der Waals surface area contributed by atoms with Crippen LogP contribution >= 0.6 is 0 Å². The summed E-state index contributed by atoms with van der Waals surface area (Å²) < 4.78 is 0. The SMILES string of the molecule is C=C(/C=C(\C=C(/C)c1ccccc1)c1ccccc1)B(O)O. The van der Waals surface area contributed by atoms with Gasteiger partial charge in [0.05, 0.1) is 0 Å². The van der Waals surface area contributed by atoms with Crippen molar-refractivity contribution < 1.29 is 10.0 Å². The van der Waals surface area contributed by atoms with Gasteiger partial charge in [0.2, 0.25) is 0 Å². The molecule has 0 fully saturated rings. The summed E-state index contributed by atoms with van der Waals surface area (Å²) in [5.74, 6) is 0. The highest BCUT2D eigenvalue weighted by molar-refractivity contribution is 6.51. The van der Waals surface area contributed by atoms with Crippen LogP contribution in [0, 0.1) is 0 Å². The maximum absolute atomic E-state index is 9.26. The Balaban J connectivity index is 2.44. The number of benzene rings is 2. The molecule has 3 heteroatoms. The molecular formula is C19H19BO2. The van der Waals surface area contributed by atoms with Crippen LogP contribution in [0.15, 0.2) is 84.9 Å². The summed E-state index contributed by atoms with van der Waals surface area (Å²) in [6.45, 7) is 5.73. The second-order valence-electron chi connectivity index (χ2n) is 5.11. The lowest BCUT2D eigenvalue weighted by atomic mass is 9.79. The van der Waals surface area contributed by atoms with Crippen LogP contribution in [0.2, 0.25) is 0 Å². The molecule has 22 heavy (non-hydrogen) atoms. The van der Waals surface area contributed by atoms with Crippen molar-refractivity contribution in [3.63, 3.8) is 0 Å². The smallest absolute Gasteiger partial charge is 0.423 e. The molecule has 0 unspecified atom stereocenters. The molecular weight excluding hydrogens is 271 g/mol. The first kappa shape index (κ1) is 16.0. The Bertz CT molecular complexity index is 686. The van der Waals surface area contributed by atoms with Gasteiger partial charge in [0.15, 0.2) is 0 Å². The zero-order valence-electron chi connectivity index (χ0n) is 12.6. The quantitative estimate of drug-likeness (QED) is 0.650. The highest BCUT2D eigenvalue weighted by Crippen LogP contribution is 2.23. The Labute approximate surface area is 131 Å². The number of hydrogen-bond donors (Lipinski definition) is 2. The van der Waals surface area contributed by atoms with Gasteiger partial charge in [-0.3, -0.25) is 0 Å². The molecule has 2 nitrogen and oxygen atoms in total. The Morgan fingerprint density at radius 3 is 1.86 bits per heavy atom. The predicted octanol–water partition coefficient (Wildman–Crippen LogP) is 3.74. The van der Waals surface area contributed by atoms with Gasteiger partial charge in [0, 0.05) is 0 Å². The van der Waals surface area contributed by atoms with Crippen molar-refractivity contribution in [2.45, 2.75) is 6.92 Å². The van der Waals surface area contributed by atoms with Crippen LogP contribution < -0.4 is 0 Å². The van der Waals surface area contributed by atoms with Crippen molar-refractivity contribution in [3.8, 4) is 0 Å². The zero-order chi connectivity index (χ0) is 15.9. The highest BCUT2D eigenvalue weighted by Gasteiger charge is 2.11. The third-order valence-electron chi connectivity index (χ3n) is 3.38. The lowest BCUT2D eigenvalue weighted by molar-refractivity contribution is 0.421. The molecule has 0 aliphatic rings. The lowest BCUT2D eigenvalue weighted by Gasteiger charge is -2.08. The van der Waals surface area contributed by atoms with Gasteiger partial charge < -0.3 is 10.0 Å². The van der Waals surface area contributed by atoms with E-state index >= 15 is 0 Å². The average Bonchev–Trinajstić information content (AvgIpc) is 2.55. The first-order valence-corrected chi connectivity index (χ1v) is 7.13. The van der Waals surface area contributed by atoms with Crippen LogP contribution in [0.1, 0.15) is 18.1 Å². The number of rotatable bonds is 5. The molecule has 0 spiro atoms. The second kappa shape index (κ2) is 7.60. The van der Waals surface area contributed by atoms with E-state index in [2.05, 4.69) is 6.58 Å². The minimum absolute atomic E-state index is 0.260. The van der Waals surface area contributed by atoms with Crippen molar-refractivity contribution in [2.24, 2.45) is 0 Å². The van der Waals surface area contributed by atoms with Crippen molar-refractivity contribution in [2.75, 3.05) is 0 Å². The van der Waals surface area contributed by atoms with Crippen LogP contribution in [-0.2, 0) is 0 Å². The van der Waals surface area contributed by atoms with E-state index in [1.54, 1.807) is 6.08 Å². The largest absolute Gasteiger partial charge is 0.487 e. The van der Waals surface area contributed by atoms with Gasteiger partial charge in [0.1, 0.15) is 0 Å². The lowest BCUT2D eigenvalue weighted by Crippen LogP contribution is -2.12. The van der Waals surface area contributed by atoms with E-state index in [1.807, 2.05) is 73.7 Å². The zero-order valence-corrected chi connectivity index (χ0v) is 12.6. The molecule has 0 atom stereocenters. The molecule has 0 radical (unpaired) electrons. The normalized spacial score (nSPS) is 12.1. The predicted molar refractivity (Wildman–Crippen MR) is 93.8 cm³/mol. The van der Waals surface area contributed by atoms with E-state index in [9.17, 15) is 10.0 Å². The summed E-state index contributed by atoms with van der Waals surface area (Å²) in [5.41, 5.74) is 4.37. The fourth-order valence-electron chi connectivity index (χ4n) is 2.13. The van der Waals surface area contributed by atoms with Gasteiger partial charge in [-0.1, -0.05) is 79.4 Å². The van der Waals surface area contributed by atoms with Gasteiger partial charge >= 0.3 is 7.12 Å². The van der Waals surface area contributed by atoms with E-state index in [4.69, 9.17) is 0 Å². The molecule has 0 saturated heterocycles. The summed E-state index contributed by atoms with van der Waals surface area (Å²) in [7, 11) is -1.55. The van der Waals surface area contributed by atoms with Crippen LogP contribution in [0.3, 0.4) is 0 Å². The summed E-state index contributed by atoms with van der Waals surface area (Å²) in [5, 5.41) is 18.5. The molecule has 0 bridgehead atoms. The Morgan fingerprint density at radius 1 is 0.864 bits per heavy atom. The fraction of sp³-hybridized carbons (Fsp3) is 0.0526. The average molecular weight is 290 g/mol. The molecule has 2 aromatic carbocycles. The van der Waals surface area contributed by atoms with Crippen molar-refractivity contribution in [3.05, 3.63) is 96.0 Å². The summed E-state index contributed by atoms with van der Waals surface area (Å²) in [4.78, 5) is 0. The van der Waals surface area contributed by atoms with Crippen LogP contribution in [0.4, 0.5) is 0 Å². The van der Waals surface area contributed by atoms with Gasteiger partial charge in [-0.25, -0.2) is 0 Å². The van der Waals surface area contributed by atoms with Crippen molar-refractivity contribution in [1.29, 1.82) is 0 Å². The molecule has 0 heterocycles. The molecule has 0 amide bonds. The third kappa shape index (κ3) is 4.32. The van der Waals surface area contributed by atoms with Gasteiger partial charge in [0.25, 0.3) is 0 Å². The minimum atomic E-state index is -1.55. The summed E-state index contributed by atoms with van der Waals surface area (Å²) in [6, 6.07) is 19.9. The minimum Gasteiger partial charge on any atom is -0.423 e. The molecule has 0 aliphatic carbocycles. The monoisotopic (exact) mass is 290 g/mol. The molecule has 2 rings (SSSR count). The summed E-state index contributed by atoms with van der Waals surface area (Å²) in [6.07, 6.45) is 3.73. The molecule has 2 N–H and O–H groups in total. The first-order chi connectivity index (χ1) is 10.6. The number of allylic oxidation sites excluding steroid dienone is 5. The molecule has 0 aliphatic heterocycles. The third-order valence-corrected chi connectivity index (χ3v) is 3.38. The fourth-order valence-corrected chi connectivity index (χ4v) is 2.13. The Hall–Kier alpha value is -2.36. The van der Waals surface area contributed by atoms with Gasteiger partial charge in [-0.2, -0.15) is 0 Å². The summed E-state index contributed by atoms with van der Waals surface area (Å²) >= 11 is 0. The van der Waals surface area contributed by atoms with E-state index in [0.717, 1.165) is 22.3 Å². The highest BCUT2D eigenvalue weighted by atomic mass is 16.4. The standard InChI is InChI=1S/C19H19BO2/c1-15(17-9-5-3-6-10-17)13-19(14-16(2)20(21)22)18-11-7-4-8-12-18/h3-14,21-22H,2H2,1H3/b15-13+,19-14+. The van der Waals surface area contributed by atoms with E-state index in [-0.39, 0.29) is 5.47 Å². The molecule has 2 aromatic rings. The van der Waals surface area contributed by atoms with E-state index < -0.39 is 7.12 Å². The maximum atomic E-state index is 9.26. The van der Waals surface area contributed by atoms with Crippen LogP contribution in [-0.4, -0.2) is 17.2 Å². The Kier molecular flexibility index (Phi) is 5.53. The van der Waals surface area contributed by atoms with E-state index in [1.165, 1.54) is 0 Å². The molecule has 110 valence electrons. The van der Waals surface area contributed by atoms with E-state index in [0.29, 0.717) is 0 Å². The maximum Gasteiger partial charge on any atom is 0.487 e. The topological polar surface area (TPSA) is 40.5 Å². The Morgan fingerprint density at radius 2 is 1.36 bits per heavy atom. The van der Waals surface area contributed by atoms with Gasteiger partial charge in [-0.15, -0.1) is 0 Å². The van der Waals surface area contributed by atoms with Crippen LogP contribution in [0.5, 0.6) is 0 Å². The van der Waals surface area contributed by atoms with Gasteiger partial charge in [-0.05, 0) is 34.7 Å². The van der Waals surface area contributed by atoms with Crippen molar-refractivity contribution >= 4 is 18.3 Å². The van der Waals surface area contributed by atoms with Crippen molar-refractivity contribution in [1.82, 2.24) is 0 Å². The number of hydrogen-bond acceptors (Lipinski definition) is 2. The molecule has 0 saturated carbocycles. The second-order valence-corrected chi connectivity index (χ2v) is 5.11. The van der Waals surface area contributed by atoms with Crippen LogP contribution in [0.25, 0.3) is 11.1 Å².